The number of amides is 1. The highest BCUT2D eigenvalue weighted by atomic mass is 16.1. The first-order chi connectivity index (χ1) is 11.7. The van der Waals surface area contributed by atoms with Gasteiger partial charge in [-0.05, 0) is 49.4 Å². The van der Waals surface area contributed by atoms with Crippen LogP contribution in [-0.2, 0) is 4.79 Å². The Morgan fingerprint density at radius 3 is 2.50 bits per heavy atom. The molecule has 1 aliphatic rings. The van der Waals surface area contributed by atoms with Gasteiger partial charge in [-0.2, -0.15) is 0 Å². The van der Waals surface area contributed by atoms with Gasteiger partial charge < -0.3 is 16.0 Å². The first kappa shape index (κ1) is 16.2. The monoisotopic (exact) mass is 326 g/mol. The van der Waals surface area contributed by atoms with Crippen LogP contribution in [0.5, 0.6) is 0 Å². The van der Waals surface area contributed by atoms with E-state index in [1.54, 1.807) is 6.20 Å². The molecule has 0 bridgehead atoms. The maximum absolute atomic E-state index is 11.6. The third kappa shape index (κ3) is 5.19. The number of carbonyl (C=O) groups is 1. The Morgan fingerprint density at radius 2 is 1.83 bits per heavy atom. The summed E-state index contributed by atoms with van der Waals surface area (Å²) in [4.78, 5) is 15.8. The molecule has 0 aromatic carbocycles. The zero-order valence-corrected chi connectivity index (χ0v) is 13.7. The molecular formula is C17H22N6O. The van der Waals surface area contributed by atoms with Crippen LogP contribution in [0.4, 0.5) is 17.5 Å². The normalized spacial score (nSPS) is 13.4. The van der Waals surface area contributed by atoms with Crippen LogP contribution in [0.25, 0.3) is 0 Å². The average Bonchev–Trinajstić information content (AvgIpc) is 3.39. The molecule has 0 aliphatic heterocycles. The van der Waals surface area contributed by atoms with E-state index in [0.717, 1.165) is 11.4 Å². The van der Waals surface area contributed by atoms with Gasteiger partial charge in [0.15, 0.2) is 5.82 Å². The second-order valence-electron chi connectivity index (χ2n) is 6.07. The van der Waals surface area contributed by atoms with Crippen LogP contribution in [0.2, 0.25) is 0 Å². The van der Waals surface area contributed by atoms with Crippen molar-refractivity contribution < 1.29 is 4.79 Å². The summed E-state index contributed by atoms with van der Waals surface area (Å²) in [7, 11) is 0. The summed E-state index contributed by atoms with van der Waals surface area (Å²) in [6.07, 6.45) is 4.84. The lowest BCUT2D eigenvalue weighted by Gasteiger charge is -2.08. The molecule has 2 aromatic heterocycles. The number of anilines is 3. The van der Waals surface area contributed by atoms with Gasteiger partial charge in [0, 0.05) is 25.7 Å². The van der Waals surface area contributed by atoms with Gasteiger partial charge >= 0.3 is 0 Å². The fourth-order valence-electron chi connectivity index (χ4n) is 2.22. The second-order valence-corrected chi connectivity index (χ2v) is 6.07. The molecule has 7 nitrogen and oxygen atoms in total. The molecule has 1 fully saturated rings. The zero-order chi connectivity index (χ0) is 16.8. The van der Waals surface area contributed by atoms with Crippen LogP contribution in [0.1, 0.15) is 24.8 Å². The van der Waals surface area contributed by atoms with E-state index in [9.17, 15) is 4.79 Å². The minimum absolute atomic E-state index is 0.135. The van der Waals surface area contributed by atoms with E-state index in [2.05, 4.69) is 31.1 Å². The molecule has 1 saturated carbocycles. The molecule has 0 unspecified atom stereocenters. The number of carbonyl (C=O) groups excluding carboxylic acids is 1. The van der Waals surface area contributed by atoms with Gasteiger partial charge in [0.1, 0.15) is 11.6 Å². The third-order valence-corrected chi connectivity index (χ3v) is 3.76. The van der Waals surface area contributed by atoms with E-state index >= 15 is 0 Å². The van der Waals surface area contributed by atoms with Crippen molar-refractivity contribution in [1.82, 2.24) is 20.5 Å². The van der Waals surface area contributed by atoms with Gasteiger partial charge in [-0.15, -0.1) is 10.2 Å². The lowest BCUT2D eigenvalue weighted by Crippen LogP contribution is -2.29. The molecule has 0 atom stereocenters. The van der Waals surface area contributed by atoms with E-state index in [1.165, 1.54) is 12.8 Å². The number of hydrogen-bond acceptors (Lipinski definition) is 6. The van der Waals surface area contributed by atoms with Crippen molar-refractivity contribution in [3.63, 3.8) is 0 Å². The van der Waals surface area contributed by atoms with Crippen LogP contribution in [0, 0.1) is 12.8 Å². The fourth-order valence-corrected chi connectivity index (χ4v) is 2.22. The molecule has 0 saturated heterocycles. The quantitative estimate of drug-likeness (QED) is 0.645. The molecular weight excluding hydrogens is 304 g/mol. The zero-order valence-electron chi connectivity index (χ0n) is 13.7. The maximum Gasteiger partial charge on any atom is 0.220 e. The molecule has 3 rings (SSSR count). The number of aromatic nitrogens is 3. The summed E-state index contributed by atoms with van der Waals surface area (Å²) in [5, 5.41) is 17.3. The van der Waals surface area contributed by atoms with Gasteiger partial charge in [-0.1, -0.05) is 6.07 Å². The Hall–Kier alpha value is -2.70. The molecule has 2 aromatic rings. The van der Waals surface area contributed by atoms with Crippen molar-refractivity contribution >= 4 is 23.4 Å². The highest BCUT2D eigenvalue weighted by Crippen LogP contribution is 2.31. The van der Waals surface area contributed by atoms with Crippen molar-refractivity contribution in [3.8, 4) is 0 Å². The number of nitrogens with one attached hydrogen (secondary N) is 3. The van der Waals surface area contributed by atoms with E-state index < -0.39 is 0 Å². The highest BCUT2D eigenvalue weighted by Gasteiger charge is 2.23. The summed E-state index contributed by atoms with van der Waals surface area (Å²) in [6, 6.07) is 7.56. The molecule has 126 valence electrons. The van der Waals surface area contributed by atoms with E-state index in [0.29, 0.717) is 37.1 Å². The Bertz CT molecular complexity index is 666. The number of pyridine rings is 1. The van der Waals surface area contributed by atoms with Crippen molar-refractivity contribution in [3.05, 3.63) is 36.0 Å². The third-order valence-electron chi connectivity index (χ3n) is 3.76. The molecule has 0 spiro atoms. The van der Waals surface area contributed by atoms with Crippen LogP contribution in [-0.4, -0.2) is 34.2 Å². The Morgan fingerprint density at radius 1 is 1.08 bits per heavy atom. The van der Waals surface area contributed by atoms with E-state index in [-0.39, 0.29) is 5.91 Å². The van der Waals surface area contributed by atoms with Gasteiger partial charge in [0.2, 0.25) is 5.91 Å². The maximum atomic E-state index is 11.6. The van der Waals surface area contributed by atoms with Crippen LogP contribution < -0.4 is 16.0 Å². The average molecular weight is 326 g/mol. The standard InChI is InChI=1S/C17H22N6O/c1-12-2-5-14(20-11-12)21-16-7-6-15(22-23-16)18-8-9-19-17(24)10-13-3-4-13/h2,5-7,11,13H,3-4,8-10H2,1H3,(H,18,22)(H,19,24)(H,20,21,23). The largest absolute Gasteiger partial charge is 0.367 e. The molecule has 3 N–H and O–H groups in total. The predicted molar refractivity (Wildman–Crippen MR) is 93.1 cm³/mol. The van der Waals surface area contributed by atoms with Gasteiger partial charge in [-0.3, -0.25) is 4.79 Å². The Labute approximate surface area is 141 Å². The van der Waals surface area contributed by atoms with Gasteiger partial charge in [0.25, 0.3) is 0 Å². The summed E-state index contributed by atoms with van der Waals surface area (Å²) in [6.45, 7) is 3.20. The topological polar surface area (TPSA) is 91.8 Å². The number of rotatable bonds is 8. The number of nitrogens with zero attached hydrogens (tertiary/aromatic N) is 3. The van der Waals surface area contributed by atoms with Crippen LogP contribution in [0.3, 0.4) is 0 Å². The molecule has 7 heteroatoms. The van der Waals surface area contributed by atoms with E-state index in [1.807, 2.05) is 31.2 Å². The number of aryl methyl sites for hydroxylation is 1. The summed E-state index contributed by atoms with van der Waals surface area (Å²) in [5.74, 6) is 2.79. The first-order valence-corrected chi connectivity index (χ1v) is 8.23. The molecule has 1 amide bonds. The fraction of sp³-hybridized carbons (Fsp3) is 0.412. The van der Waals surface area contributed by atoms with Crippen molar-refractivity contribution in [2.45, 2.75) is 26.2 Å². The lowest BCUT2D eigenvalue weighted by molar-refractivity contribution is -0.121. The Kier molecular flexibility index (Phi) is 5.20. The molecule has 1 aliphatic carbocycles. The van der Waals surface area contributed by atoms with Crippen molar-refractivity contribution in [2.75, 3.05) is 23.7 Å². The Balaban J connectivity index is 1.39. The first-order valence-electron chi connectivity index (χ1n) is 8.23. The second kappa shape index (κ2) is 7.72. The highest BCUT2D eigenvalue weighted by molar-refractivity contribution is 5.76. The molecule has 2 heterocycles. The summed E-state index contributed by atoms with van der Waals surface area (Å²) >= 11 is 0. The van der Waals surface area contributed by atoms with E-state index in [4.69, 9.17) is 0 Å². The number of hydrogen-bond donors (Lipinski definition) is 3. The molecule has 0 radical (unpaired) electrons. The minimum Gasteiger partial charge on any atom is -0.367 e. The summed E-state index contributed by atoms with van der Waals surface area (Å²) in [5.41, 5.74) is 1.11. The SMILES string of the molecule is Cc1ccc(Nc2ccc(NCCNC(=O)CC3CC3)nn2)nc1. The van der Waals surface area contributed by atoms with Crippen molar-refractivity contribution in [2.24, 2.45) is 5.92 Å². The van der Waals surface area contributed by atoms with Gasteiger partial charge in [-0.25, -0.2) is 4.98 Å². The van der Waals surface area contributed by atoms with Gasteiger partial charge in [0.05, 0.1) is 0 Å². The predicted octanol–water partition coefficient (Wildman–Crippen LogP) is 2.25. The van der Waals surface area contributed by atoms with Crippen molar-refractivity contribution in [1.29, 1.82) is 0 Å². The smallest absolute Gasteiger partial charge is 0.220 e. The van der Waals surface area contributed by atoms with Crippen LogP contribution in [0.15, 0.2) is 30.5 Å². The lowest BCUT2D eigenvalue weighted by atomic mass is 10.3. The minimum atomic E-state index is 0.135. The molecule has 24 heavy (non-hydrogen) atoms. The summed E-state index contributed by atoms with van der Waals surface area (Å²) < 4.78 is 0. The van der Waals surface area contributed by atoms with Crippen LogP contribution >= 0.6 is 0 Å².